The number of H-pyrrole nitrogens is 1. The van der Waals surface area contributed by atoms with Crippen molar-refractivity contribution in [2.24, 2.45) is 0 Å². The molecule has 2 aromatic carbocycles. The summed E-state index contributed by atoms with van der Waals surface area (Å²) in [6.07, 6.45) is 0.866. The third kappa shape index (κ3) is 6.28. The molecule has 0 saturated carbocycles. The first-order valence-corrected chi connectivity index (χ1v) is 16.5. The number of ether oxygens (including phenoxy) is 3. The van der Waals surface area contributed by atoms with Gasteiger partial charge in [-0.1, -0.05) is 40.2 Å². The van der Waals surface area contributed by atoms with Crippen molar-refractivity contribution in [2.45, 2.75) is 18.2 Å². The molecule has 7 rings (SSSR count). The van der Waals surface area contributed by atoms with Gasteiger partial charge in [-0.2, -0.15) is 22.7 Å². The third-order valence-electron chi connectivity index (χ3n) is 7.29. The average molecular weight is 720 g/mol. The number of nitrogens with one attached hydrogen (secondary N) is 1. The van der Waals surface area contributed by atoms with Gasteiger partial charge in [-0.3, -0.25) is 9.59 Å². The van der Waals surface area contributed by atoms with Crippen molar-refractivity contribution in [3.8, 4) is 11.3 Å². The van der Waals surface area contributed by atoms with Crippen molar-refractivity contribution < 1.29 is 33.4 Å². The van der Waals surface area contributed by atoms with Crippen molar-refractivity contribution in [3.05, 3.63) is 119 Å². The Balaban J connectivity index is 0.000000145. The molecular formula is C33H23BrN2O8S2. The van der Waals surface area contributed by atoms with Crippen molar-refractivity contribution in [3.63, 3.8) is 0 Å². The summed E-state index contributed by atoms with van der Waals surface area (Å²) < 4.78 is 13.9. The van der Waals surface area contributed by atoms with Crippen LogP contribution < -0.4 is 5.56 Å². The molecule has 0 fully saturated rings. The fourth-order valence-electron chi connectivity index (χ4n) is 5.11. The number of hydrogen-bond donors (Lipinski definition) is 1. The highest BCUT2D eigenvalue weighted by Gasteiger charge is 2.27. The second kappa shape index (κ2) is 14.0. The molecule has 3 aromatic heterocycles. The number of alkyl halides is 1. The van der Waals surface area contributed by atoms with Crippen LogP contribution in [0.15, 0.2) is 62.7 Å². The van der Waals surface area contributed by atoms with Crippen molar-refractivity contribution in [1.29, 1.82) is 0 Å². The number of benzene rings is 2. The number of halogens is 1. The number of hydrogen-bond acceptors (Lipinski definition) is 10. The summed E-state index contributed by atoms with van der Waals surface area (Å²) >= 11 is 6.17. The Morgan fingerprint density at radius 2 is 1.57 bits per heavy atom. The lowest BCUT2D eigenvalue weighted by atomic mass is 10.0. The van der Waals surface area contributed by atoms with Crippen LogP contribution in [0.4, 0.5) is 5.69 Å². The van der Waals surface area contributed by atoms with Crippen LogP contribution in [0, 0.1) is 6.57 Å². The van der Waals surface area contributed by atoms with Crippen LogP contribution in [-0.2, 0) is 37.2 Å². The van der Waals surface area contributed by atoms with Crippen LogP contribution in [0.2, 0.25) is 0 Å². The highest BCUT2D eigenvalue weighted by molar-refractivity contribution is 9.08. The summed E-state index contributed by atoms with van der Waals surface area (Å²) in [7, 11) is 2.70. The molecular weight excluding hydrogens is 696 g/mol. The minimum atomic E-state index is -0.516. The Kier molecular flexibility index (Phi) is 9.91. The Labute approximate surface area is 278 Å². The van der Waals surface area contributed by atoms with Gasteiger partial charge in [0, 0.05) is 33.5 Å². The van der Waals surface area contributed by atoms with E-state index in [1.165, 1.54) is 36.9 Å². The molecule has 1 N–H and O–H groups in total. The first-order chi connectivity index (χ1) is 22.2. The number of carbonyl (C=O) groups is 4. The lowest BCUT2D eigenvalue weighted by Crippen LogP contribution is -2.21. The largest absolute Gasteiger partial charge is 0.465 e. The molecule has 0 atom stereocenters. The minimum Gasteiger partial charge on any atom is -0.465 e. The molecule has 1 aliphatic heterocycles. The summed E-state index contributed by atoms with van der Waals surface area (Å²) in [4.78, 5) is 63.3. The smallest absolute Gasteiger partial charge is 0.346 e. The average Bonchev–Trinajstić information content (AvgIpc) is 3.83. The van der Waals surface area contributed by atoms with Gasteiger partial charge in [-0.05, 0) is 45.1 Å². The molecule has 46 heavy (non-hydrogen) atoms. The minimum absolute atomic E-state index is 0.0821. The number of aromatic nitrogens is 1. The van der Waals surface area contributed by atoms with Crippen LogP contribution in [0.1, 0.15) is 53.3 Å². The van der Waals surface area contributed by atoms with Gasteiger partial charge >= 0.3 is 23.9 Å². The van der Waals surface area contributed by atoms with Crippen molar-refractivity contribution in [2.75, 3.05) is 14.2 Å². The summed E-state index contributed by atoms with van der Waals surface area (Å²) in [6.45, 7) is 6.93. The Bertz CT molecular complexity index is 2120. The van der Waals surface area contributed by atoms with Crippen LogP contribution in [0.3, 0.4) is 0 Å². The zero-order chi connectivity index (χ0) is 33.0. The van der Waals surface area contributed by atoms with Crippen LogP contribution in [0.25, 0.3) is 26.9 Å². The molecule has 5 aromatic rings. The Morgan fingerprint density at radius 1 is 0.891 bits per heavy atom. The monoisotopic (exact) mass is 718 g/mol. The maximum absolute atomic E-state index is 12.1. The maximum Gasteiger partial charge on any atom is 0.346 e. The molecule has 10 nitrogen and oxygen atoms in total. The summed E-state index contributed by atoms with van der Waals surface area (Å²) in [5.74, 6) is -1.73. The van der Waals surface area contributed by atoms with E-state index >= 15 is 0 Å². The Hall–Kier alpha value is -4.90. The SMILES string of the molecule is COC(=O)c1cccc2c1Cc1c-2[nH]c(=O)c2cscc12.O=C1Cc2cscc2C(=O)O1.[C-]#[N+]c1cccc(C(=O)OC)c1CBr. The van der Waals surface area contributed by atoms with Gasteiger partial charge in [0.15, 0.2) is 5.69 Å². The molecule has 0 unspecified atom stereocenters. The van der Waals surface area contributed by atoms with E-state index in [0.717, 1.165) is 33.3 Å². The number of rotatable bonds is 3. The quantitative estimate of drug-likeness (QED) is 0.0691. The molecule has 0 saturated heterocycles. The van der Waals surface area contributed by atoms with E-state index in [0.29, 0.717) is 45.1 Å². The van der Waals surface area contributed by atoms with E-state index in [1.54, 1.807) is 35.0 Å². The van der Waals surface area contributed by atoms with Gasteiger partial charge in [-0.15, -0.1) is 0 Å². The number of carbonyl (C=O) groups excluding carboxylic acids is 4. The van der Waals surface area contributed by atoms with Crippen LogP contribution in [-0.4, -0.2) is 43.1 Å². The van der Waals surface area contributed by atoms with E-state index in [4.69, 9.17) is 11.3 Å². The van der Waals surface area contributed by atoms with Gasteiger partial charge in [0.1, 0.15) is 0 Å². The number of thiophene rings is 2. The molecule has 13 heteroatoms. The standard InChI is InChI=1S/C16H11NO3S.C10H8BrNO2.C7H4O3S/c1-20-16(19)9-4-2-3-8-10(9)5-11-12-6-21-7-13(12)15(18)17-14(8)11;1-12-9-5-3-4-7(8(9)6-11)10(13)14-2;8-6-1-4-2-11-3-5(4)7(9)10-6/h2-4,6-7H,5H2,1H3,(H,17,18);3-5H,6H2,2H3;2-3H,1H2. The normalized spacial score (nSPS) is 12.2. The fourth-order valence-corrected chi connectivity index (χ4v) is 7.37. The van der Waals surface area contributed by atoms with E-state index in [-0.39, 0.29) is 17.9 Å². The molecule has 0 bridgehead atoms. The highest BCUT2D eigenvalue weighted by atomic mass is 79.9. The number of nitrogens with zero attached hydrogens (tertiary/aromatic N) is 1. The Morgan fingerprint density at radius 3 is 2.28 bits per heavy atom. The molecule has 2 aliphatic rings. The predicted molar refractivity (Wildman–Crippen MR) is 177 cm³/mol. The topological polar surface area (TPSA) is 133 Å². The number of fused-ring (bicyclic) bond motifs is 6. The van der Waals surface area contributed by atoms with Crippen LogP contribution in [0.5, 0.6) is 0 Å². The molecule has 0 radical (unpaired) electrons. The second-order valence-electron chi connectivity index (χ2n) is 9.80. The van der Waals surface area contributed by atoms with Crippen LogP contribution >= 0.6 is 38.6 Å². The van der Waals surface area contributed by atoms with E-state index in [9.17, 15) is 24.0 Å². The first kappa shape index (κ1) is 32.5. The fraction of sp³-hybridized carbons (Fsp3) is 0.152. The number of pyridine rings is 1. The molecule has 4 heterocycles. The van der Waals surface area contributed by atoms with Crippen molar-refractivity contribution >= 4 is 78.9 Å². The lowest BCUT2D eigenvalue weighted by molar-refractivity contribution is -0.137. The summed E-state index contributed by atoms with van der Waals surface area (Å²) in [5.41, 5.74) is 7.15. The predicted octanol–water partition coefficient (Wildman–Crippen LogP) is 6.85. The van der Waals surface area contributed by atoms with Gasteiger partial charge < -0.3 is 19.2 Å². The summed E-state index contributed by atoms with van der Waals surface area (Å²) in [6, 6.07) is 10.5. The molecule has 1 aliphatic carbocycles. The van der Waals surface area contributed by atoms with E-state index < -0.39 is 17.9 Å². The van der Waals surface area contributed by atoms with E-state index in [2.05, 4.69) is 35.2 Å². The van der Waals surface area contributed by atoms with Gasteiger partial charge in [-0.25, -0.2) is 19.2 Å². The number of cyclic esters (lactones) is 2. The first-order valence-electron chi connectivity index (χ1n) is 13.5. The summed E-state index contributed by atoms with van der Waals surface area (Å²) in [5, 5.41) is 9.51. The maximum atomic E-state index is 12.1. The zero-order valence-electron chi connectivity index (χ0n) is 24.3. The zero-order valence-corrected chi connectivity index (χ0v) is 27.5. The number of aromatic amines is 1. The van der Waals surface area contributed by atoms with Crippen molar-refractivity contribution in [1.82, 2.24) is 4.98 Å². The molecule has 0 spiro atoms. The third-order valence-corrected chi connectivity index (χ3v) is 9.39. The second-order valence-corrected chi connectivity index (χ2v) is 11.8. The molecule has 0 amide bonds. The highest BCUT2D eigenvalue weighted by Crippen LogP contribution is 2.40. The van der Waals surface area contributed by atoms with Gasteiger partial charge in [0.2, 0.25) is 0 Å². The van der Waals surface area contributed by atoms with E-state index in [1.807, 2.05) is 22.9 Å². The molecule has 232 valence electrons. The number of esters is 4. The van der Waals surface area contributed by atoms with Gasteiger partial charge in [0.05, 0.1) is 55.0 Å². The van der Waals surface area contributed by atoms with Gasteiger partial charge in [0.25, 0.3) is 5.56 Å². The number of methoxy groups -OCH3 is 2. The lowest BCUT2D eigenvalue weighted by Gasteiger charge is -2.08.